The van der Waals surface area contributed by atoms with E-state index in [4.69, 9.17) is 5.11 Å². The van der Waals surface area contributed by atoms with Gasteiger partial charge in [-0.2, -0.15) is 4.98 Å². The number of anilines is 4. The van der Waals surface area contributed by atoms with E-state index in [2.05, 4.69) is 24.9 Å². The smallest absolute Gasteiger partial charge is 0.258 e. The van der Waals surface area contributed by atoms with Crippen LogP contribution in [0.3, 0.4) is 0 Å². The first-order chi connectivity index (χ1) is 17.9. The normalized spacial score (nSPS) is 21.5. The number of hydrogen-bond donors (Lipinski definition) is 4. The Morgan fingerprint density at radius 3 is 2.54 bits per heavy atom. The van der Waals surface area contributed by atoms with Gasteiger partial charge < -0.3 is 30.1 Å². The number of benzene rings is 1. The summed E-state index contributed by atoms with van der Waals surface area (Å²) in [6.45, 7) is 4.98. The van der Waals surface area contributed by atoms with Crippen LogP contribution in [-0.2, 0) is 0 Å². The maximum Gasteiger partial charge on any atom is 0.258 e. The molecule has 2 aliphatic carbocycles. The average Bonchev–Trinajstić information content (AvgIpc) is 3.79. The molecule has 2 aliphatic heterocycles. The monoisotopic (exact) mass is 524 g/mol. The fourth-order valence-corrected chi connectivity index (χ4v) is 6.19. The highest BCUT2D eigenvalue weighted by Crippen LogP contribution is 2.54. The predicted molar refractivity (Wildman–Crippen MR) is 147 cm³/mol. The van der Waals surface area contributed by atoms with Gasteiger partial charge >= 0.3 is 0 Å². The van der Waals surface area contributed by atoms with Crippen LogP contribution in [0, 0.1) is 18.3 Å². The Kier molecular flexibility index (Phi) is 6.45. The van der Waals surface area contributed by atoms with Crippen LogP contribution in [0.2, 0.25) is 0 Å². The molecule has 198 valence electrons. The summed E-state index contributed by atoms with van der Waals surface area (Å²) in [5, 5.41) is 22.8. The number of aryl methyl sites for hydroxylation is 1. The van der Waals surface area contributed by atoms with Crippen molar-refractivity contribution in [3.8, 4) is 0 Å². The molecule has 37 heavy (non-hydrogen) atoms. The number of nitrogens with zero attached hydrogens (tertiary/aromatic N) is 4. The molecule has 2 saturated carbocycles. The van der Waals surface area contributed by atoms with E-state index >= 15 is 0 Å². The average molecular weight is 525 g/mol. The molecule has 1 amide bonds. The number of carbonyl (C=O) groups excluding carboxylic acids is 1. The zero-order chi connectivity index (χ0) is 25.6. The third kappa shape index (κ3) is 5.24. The molecule has 1 aromatic heterocycles. The number of β-amino-alcohol motifs (C(OH)–C–C–N with tert-alkyl or cyclic N) is 1. The minimum atomic E-state index is -0.621. The quantitative estimate of drug-likeness (QED) is 0.289. The van der Waals surface area contributed by atoms with Crippen molar-refractivity contribution in [2.75, 3.05) is 58.4 Å². The Morgan fingerprint density at radius 2 is 1.86 bits per heavy atom. The fourth-order valence-electron chi connectivity index (χ4n) is 5.70. The molecule has 1 aromatic carbocycles. The third-order valence-corrected chi connectivity index (χ3v) is 9.15. The Morgan fingerprint density at radius 1 is 1.11 bits per heavy atom. The summed E-state index contributed by atoms with van der Waals surface area (Å²) in [4.78, 5) is 27.0. The van der Waals surface area contributed by atoms with Crippen molar-refractivity contribution in [2.45, 2.75) is 51.0 Å². The van der Waals surface area contributed by atoms with Gasteiger partial charge in [-0.15, -0.1) is 0 Å². The van der Waals surface area contributed by atoms with Crippen LogP contribution >= 0.6 is 11.9 Å². The second kappa shape index (κ2) is 9.63. The minimum Gasteiger partial charge on any atom is -0.395 e. The van der Waals surface area contributed by atoms with Gasteiger partial charge in [-0.05, 0) is 75.0 Å². The topological polar surface area (TPSA) is 114 Å². The SMILES string of the molecule is Cc1cc(NC(=O)c2ccc(NSCCO)cc2N2CCC3(CC2)CC3)nc(N2CC(O)(C3CC3)C2)n1. The largest absolute Gasteiger partial charge is 0.395 e. The highest BCUT2D eigenvalue weighted by Gasteiger charge is 2.52. The van der Waals surface area contributed by atoms with Crippen LogP contribution in [-0.4, -0.2) is 70.2 Å². The number of aliphatic hydroxyl groups excluding tert-OH is 1. The van der Waals surface area contributed by atoms with E-state index in [0.717, 1.165) is 43.0 Å². The van der Waals surface area contributed by atoms with Crippen molar-refractivity contribution in [3.63, 3.8) is 0 Å². The Hall–Kier alpha value is -2.56. The Bertz CT molecular complexity index is 1170. The van der Waals surface area contributed by atoms with Gasteiger partial charge in [0, 0.05) is 36.3 Å². The summed E-state index contributed by atoms with van der Waals surface area (Å²) in [5.41, 5.74) is 3.15. The second-order valence-corrected chi connectivity index (χ2v) is 12.2. The van der Waals surface area contributed by atoms with Gasteiger partial charge in [-0.25, -0.2) is 4.98 Å². The molecule has 4 aliphatic rings. The zero-order valence-electron chi connectivity index (χ0n) is 21.4. The van der Waals surface area contributed by atoms with Crippen molar-refractivity contribution in [3.05, 3.63) is 35.5 Å². The van der Waals surface area contributed by atoms with Crippen molar-refractivity contribution in [1.29, 1.82) is 0 Å². The van der Waals surface area contributed by atoms with E-state index in [1.54, 1.807) is 6.07 Å². The summed E-state index contributed by atoms with van der Waals surface area (Å²) >= 11 is 1.45. The van der Waals surface area contributed by atoms with Crippen LogP contribution in [0.4, 0.5) is 23.1 Å². The van der Waals surface area contributed by atoms with Gasteiger partial charge in [0.1, 0.15) is 11.4 Å². The van der Waals surface area contributed by atoms with E-state index in [0.29, 0.717) is 47.5 Å². The van der Waals surface area contributed by atoms with Gasteiger partial charge in [0.2, 0.25) is 5.95 Å². The second-order valence-electron chi connectivity index (χ2n) is 11.3. The molecule has 4 N–H and O–H groups in total. The molecule has 2 saturated heterocycles. The molecule has 9 nitrogen and oxygen atoms in total. The van der Waals surface area contributed by atoms with Crippen LogP contribution in [0.15, 0.2) is 24.3 Å². The number of nitrogens with one attached hydrogen (secondary N) is 2. The molecule has 0 atom stereocenters. The van der Waals surface area contributed by atoms with Crippen molar-refractivity contribution in [1.82, 2.24) is 9.97 Å². The van der Waals surface area contributed by atoms with Gasteiger partial charge in [0.15, 0.2) is 0 Å². The van der Waals surface area contributed by atoms with Crippen LogP contribution in [0.1, 0.15) is 54.6 Å². The van der Waals surface area contributed by atoms with E-state index in [1.165, 1.54) is 37.6 Å². The van der Waals surface area contributed by atoms with Crippen molar-refractivity contribution in [2.24, 2.45) is 11.3 Å². The summed E-state index contributed by atoms with van der Waals surface area (Å²) in [5.74, 6) is 1.81. The van der Waals surface area contributed by atoms with Gasteiger partial charge in [0.05, 0.1) is 30.9 Å². The highest BCUT2D eigenvalue weighted by molar-refractivity contribution is 8.00. The Balaban J connectivity index is 1.20. The molecule has 10 heteroatoms. The molecule has 3 heterocycles. The van der Waals surface area contributed by atoms with Gasteiger partial charge in [0.25, 0.3) is 5.91 Å². The number of hydrogen-bond acceptors (Lipinski definition) is 9. The van der Waals surface area contributed by atoms with Gasteiger partial charge in [-0.3, -0.25) is 4.79 Å². The van der Waals surface area contributed by atoms with E-state index < -0.39 is 5.60 Å². The Labute approximate surface area is 222 Å². The van der Waals surface area contributed by atoms with E-state index in [-0.39, 0.29) is 12.5 Å². The lowest BCUT2D eigenvalue weighted by Crippen LogP contribution is -2.63. The standard InChI is InChI=1S/C27H36N6O3S/c1-18-14-23(30-25(28-18)33-16-27(36,17-33)19-2-3-19)29-24(35)21-5-4-20(31-37-13-12-34)15-22(21)32-10-8-26(6-7-26)9-11-32/h4-5,14-15,19,31,34,36H,2-3,6-13,16-17H2,1H3,(H,28,29,30,35). The number of aromatic nitrogens is 2. The number of piperidine rings is 1. The zero-order valence-corrected chi connectivity index (χ0v) is 22.2. The molecule has 6 rings (SSSR count). The lowest BCUT2D eigenvalue weighted by Gasteiger charge is -2.47. The molecule has 1 spiro atoms. The highest BCUT2D eigenvalue weighted by atomic mass is 32.2. The molecule has 0 bridgehead atoms. The first-order valence-corrected chi connectivity index (χ1v) is 14.4. The molecule has 2 aromatic rings. The lowest BCUT2D eigenvalue weighted by molar-refractivity contribution is -0.0102. The molecule has 4 fully saturated rings. The number of amides is 1. The summed E-state index contributed by atoms with van der Waals surface area (Å²) in [6, 6.07) is 7.60. The maximum atomic E-state index is 13.6. The van der Waals surface area contributed by atoms with E-state index in [1.807, 2.05) is 30.0 Å². The maximum absolute atomic E-state index is 13.6. The summed E-state index contributed by atoms with van der Waals surface area (Å²) < 4.78 is 3.28. The van der Waals surface area contributed by atoms with E-state index in [9.17, 15) is 9.90 Å². The molecule has 0 radical (unpaired) electrons. The minimum absolute atomic E-state index is 0.108. The lowest BCUT2D eigenvalue weighted by atomic mass is 9.89. The fraction of sp³-hybridized carbons (Fsp3) is 0.593. The molecular formula is C27H36N6O3S. The number of rotatable bonds is 9. The molecular weight excluding hydrogens is 488 g/mol. The first kappa shape index (κ1) is 24.8. The number of aliphatic hydroxyl groups is 2. The molecule has 0 unspecified atom stereocenters. The van der Waals surface area contributed by atoms with Gasteiger partial charge in [-0.1, -0.05) is 11.9 Å². The number of carbonyl (C=O) groups is 1. The van der Waals surface area contributed by atoms with Crippen molar-refractivity contribution >= 4 is 41.0 Å². The van der Waals surface area contributed by atoms with Crippen LogP contribution in [0.25, 0.3) is 0 Å². The summed E-state index contributed by atoms with van der Waals surface area (Å²) in [7, 11) is 0. The van der Waals surface area contributed by atoms with Crippen LogP contribution < -0.4 is 19.8 Å². The predicted octanol–water partition coefficient (Wildman–Crippen LogP) is 3.43. The first-order valence-electron chi connectivity index (χ1n) is 13.4. The van der Waals surface area contributed by atoms with Crippen LogP contribution in [0.5, 0.6) is 0 Å². The van der Waals surface area contributed by atoms with Crippen molar-refractivity contribution < 1.29 is 15.0 Å². The summed E-state index contributed by atoms with van der Waals surface area (Å²) in [6.07, 6.45) is 7.19. The third-order valence-electron chi connectivity index (χ3n) is 8.38.